The molecule has 0 spiro atoms. The fraction of sp³-hybridized carbons (Fsp3) is 0.333. The van der Waals surface area contributed by atoms with Crippen molar-refractivity contribution in [1.29, 1.82) is 0 Å². The van der Waals surface area contributed by atoms with Gasteiger partial charge in [0, 0.05) is 29.1 Å². The van der Waals surface area contributed by atoms with Gasteiger partial charge in [-0.3, -0.25) is 0 Å². The molecule has 0 bridgehead atoms. The molecule has 1 aromatic heterocycles. The average molecular weight is 386 g/mol. The van der Waals surface area contributed by atoms with Crippen molar-refractivity contribution in [1.82, 2.24) is 9.71 Å². The number of halogens is 1. The van der Waals surface area contributed by atoms with Gasteiger partial charge in [-0.1, -0.05) is 17.7 Å². The van der Waals surface area contributed by atoms with E-state index in [0.29, 0.717) is 11.4 Å². The van der Waals surface area contributed by atoms with Gasteiger partial charge in [-0.2, -0.15) is 0 Å². The summed E-state index contributed by atoms with van der Waals surface area (Å²) in [4.78, 5) is 3.48. The van der Waals surface area contributed by atoms with Crippen LogP contribution in [0.1, 0.15) is 35.1 Å². The fourth-order valence-electron chi connectivity index (χ4n) is 4.13. The molecule has 0 radical (unpaired) electrons. The minimum Gasteiger partial charge on any atom is -0.361 e. The molecular weight excluding hydrogens is 363 g/mol. The summed E-state index contributed by atoms with van der Waals surface area (Å²) in [6.07, 6.45) is 3.70. The van der Waals surface area contributed by atoms with Crippen molar-refractivity contribution >= 4 is 20.9 Å². The van der Waals surface area contributed by atoms with Crippen LogP contribution in [0, 0.1) is 26.6 Å². The zero-order valence-corrected chi connectivity index (χ0v) is 16.5. The lowest BCUT2D eigenvalue weighted by Crippen LogP contribution is -2.33. The molecule has 0 unspecified atom stereocenters. The topological polar surface area (TPSA) is 62.0 Å². The summed E-state index contributed by atoms with van der Waals surface area (Å²) < 4.78 is 42.2. The predicted octanol–water partition coefficient (Wildman–Crippen LogP) is 4.24. The van der Waals surface area contributed by atoms with E-state index in [0.717, 1.165) is 46.0 Å². The summed E-state index contributed by atoms with van der Waals surface area (Å²) in [5, 5.41) is 0.954. The Morgan fingerprint density at radius 2 is 1.78 bits per heavy atom. The van der Waals surface area contributed by atoms with Crippen molar-refractivity contribution < 1.29 is 12.8 Å². The predicted molar refractivity (Wildman–Crippen MR) is 105 cm³/mol. The van der Waals surface area contributed by atoms with Crippen molar-refractivity contribution in [2.45, 2.75) is 43.9 Å². The SMILES string of the molecule is Cc1cc(C)c(S(=O)(=O)NCC2(c3c[nH]c4cc(F)ccc34)CC2)c(C)c1. The first kappa shape index (κ1) is 18.2. The lowest BCUT2D eigenvalue weighted by Gasteiger charge is -2.18. The summed E-state index contributed by atoms with van der Waals surface area (Å²) in [6, 6.07) is 8.46. The molecule has 2 aromatic carbocycles. The van der Waals surface area contributed by atoms with Gasteiger partial charge in [0.1, 0.15) is 5.82 Å². The number of aromatic nitrogens is 1. The summed E-state index contributed by atoms with van der Waals surface area (Å²) >= 11 is 0. The second-order valence-corrected chi connectivity index (χ2v) is 9.43. The Labute approximate surface area is 158 Å². The largest absolute Gasteiger partial charge is 0.361 e. The first-order chi connectivity index (χ1) is 12.7. The van der Waals surface area contributed by atoms with E-state index in [2.05, 4.69) is 9.71 Å². The third-order valence-electron chi connectivity index (χ3n) is 5.54. The standard InChI is InChI=1S/C21H23FN2O2S/c1-13-8-14(2)20(15(3)9-13)27(25,26)24-12-21(6-7-21)18-11-23-19-10-16(22)4-5-17(18)19/h4-5,8-11,23-24H,6-7,12H2,1-3H3. The summed E-state index contributed by atoms with van der Waals surface area (Å²) in [7, 11) is -3.60. The van der Waals surface area contributed by atoms with Gasteiger partial charge in [0.2, 0.25) is 10.0 Å². The first-order valence-corrected chi connectivity index (χ1v) is 10.5. The van der Waals surface area contributed by atoms with Gasteiger partial charge in [-0.15, -0.1) is 0 Å². The van der Waals surface area contributed by atoms with E-state index < -0.39 is 10.0 Å². The Kier molecular flexibility index (Phi) is 4.16. The van der Waals surface area contributed by atoms with Crippen LogP contribution in [0.25, 0.3) is 10.9 Å². The smallest absolute Gasteiger partial charge is 0.241 e. The summed E-state index contributed by atoms with van der Waals surface area (Å²) in [5.41, 5.74) is 4.13. The molecule has 0 atom stereocenters. The Morgan fingerprint density at radius 3 is 2.41 bits per heavy atom. The Balaban J connectivity index is 1.63. The highest BCUT2D eigenvalue weighted by atomic mass is 32.2. The molecule has 4 nitrogen and oxygen atoms in total. The van der Waals surface area contributed by atoms with Crippen LogP contribution < -0.4 is 4.72 Å². The van der Waals surface area contributed by atoms with Crippen LogP contribution in [0.5, 0.6) is 0 Å². The summed E-state index contributed by atoms with van der Waals surface area (Å²) in [6.45, 7) is 5.96. The van der Waals surface area contributed by atoms with Gasteiger partial charge in [-0.25, -0.2) is 17.5 Å². The van der Waals surface area contributed by atoms with Crippen LogP contribution in [0.15, 0.2) is 41.4 Å². The minimum absolute atomic E-state index is 0.227. The highest BCUT2D eigenvalue weighted by Gasteiger charge is 2.46. The van der Waals surface area contributed by atoms with E-state index in [9.17, 15) is 12.8 Å². The van der Waals surface area contributed by atoms with Crippen molar-refractivity contribution in [3.05, 3.63) is 64.6 Å². The highest BCUT2D eigenvalue weighted by molar-refractivity contribution is 7.89. The monoisotopic (exact) mass is 386 g/mol. The Bertz CT molecular complexity index is 1120. The average Bonchev–Trinajstić information content (AvgIpc) is 3.24. The van der Waals surface area contributed by atoms with Gasteiger partial charge in [0.25, 0.3) is 0 Å². The molecule has 1 saturated carbocycles. The number of hydrogen-bond donors (Lipinski definition) is 2. The van der Waals surface area contributed by atoms with Crippen LogP contribution >= 0.6 is 0 Å². The van der Waals surface area contributed by atoms with Gasteiger partial charge in [0.05, 0.1) is 4.90 Å². The van der Waals surface area contributed by atoms with E-state index in [4.69, 9.17) is 0 Å². The fourth-order valence-corrected chi connectivity index (χ4v) is 5.70. The van der Waals surface area contributed by atoms with Crippen LogP contribution in [-0.4, -0.2) is 19.9 Å². The number of aryl methyl sites for hydroxylation is 3. The molecule has 142 valence electrons. The quantitative estimate of drug-likeness (QED) is 0.689. The molecule has 3 aromatic rings. The zero-order chi connectivity index (χ0) is 19.4. The lowest BCUT2D eigenvalue weighted by atomic mass is 9.96. The van der Waals surface area contributed by atoms with E-state index in [1.165, 1.54) is 12.1 Å². The molecule has 4 rings (SSSR count). The van der Waals surface area contributed by atoms with Gasteiger partial charge in [0.15, 0.2) is 0 Å². The lowest BCUT2D eigenvalue weighted by molar-refractivity contribution is 0.566. The minimum atomic E-state index is -3.60. The molecule has 0 aliphatic heterocycles. The number of rotatable bonds is 5. The molecule has 0 saturated heterocycles. The maximum Gasteiger partial charge on any atom is 0.241 e. The van der Waals surface area contributed by atoms with Crippen molar-refractivity contribution in [2.24, 2.45) is 0 Å². The number of nitrogens with one attached hydrogen (secondary N) is 2. The van der Waals surface area contributed by atoms with Gasteiger partial charge in [-0.05, 0) is 68.5 Å². The van der Waals surface area contributed by atoms with E-state index in [-0.39, 0.29) is 11.2 Å². The highest BCUT2D eigenvalue weighted by Crippen LogP contribution is 2.50. The number of sulfonamides is 1. The number of H-pyrrole nitrogens is 1. The Morgan fingerprint density at radius 1 is 1.11 bits per heavy atom. The first-order valence-electron chi connectivity index (χ1n) is 9.06. The maximum absolute atomic E-state index is 13.4. The molecule has 27 heavy (non-hydrogen) atoms. The third kappa shape index (κ3) is 3.17. The second kappa shape index (κ2) is 6.17. The van der Waals surface area contributed by atoms with Crippen molar-refractivity contribution in [3.8, 4) is 0 Å². The number of fused-ring (bicyclic) bond motifs is 1. The molecule has 0 amide bonds. The van der Waals surface area contributed by atoms with E-state index >= 15 is 0 Å². The molecular formula is C21H23FN2O2S. The molecule has 1 heterocycles. The third-order valence-corrected chi connectivity index (χ3v) is 7.25. The second-order valence-electron chi connectivity index (χ2n) is 7.72. The van der Waals surface area contributed by atoms with Gasteiger partial charge < -0.3 is 4.98 Å². The van der Waals surface area contributed by atoms with Crippen molar-refractivity contribution in [2.75, 3.05) is 6.54 Å². The van der Waals surface area contributed by atoms with Crippen LogP contribution in [0.2, 0.25) is 0 Å². The van der Waals surface area contributed by atoms with E-state index in [1.54, 1.807) is 6.07 Å². The normalized spacial score (nSPS) is 16.0. The molecule has 2 N–H and O–H groups in total. The van der Waals surface area contributed by atoms with Crippen molar-refractivity contribution in [3.63, 3.8) is 0 Å². The number of aromatic amines is 1. The number of benzene rings is 2. The number of hydrogen-bond acceptors (Lipinski definition) is 2. The van der Waals surface area contributed by atoms with Crippen LogP contribution in [-0.2, 0) is 15.4 Å². The molecule has 1 fully saturated rings. The van der Waals surface area contributed by atoms with Crippen LogP contribution in [0.3, 0.4) is 0 Å². The maximum atomic E-state index is 13.4. The van der Waals surface area contributed by atoms with E-state index in [1.807, 2.05) is 39.1 Å². The summed E-state index contributed by atoms with van der Waals surface area (Å²) in [5.74, 6) is -0.285. The Hall–Kier alpha value is -2.18. The molecule has 1 aliphatic carbocycles. The van der Waals surface area contributed by atoms with Crippen LogP contribution in [0.4, 0.5) is 4.39 Å². The zero-order valence-electron chi connectivity index (χ0n) is 15.7. The molecule has 1 aliphatic rings. The molecule has 6 heteroatoms. The van der Waals surface area contributed by atoms with Gasteiger partial charge >= 0.3 is 0 Å².